The van der Waals surface area contributed by atoms with E-state index in [0.717, 1.165) is 31.1 Å². The van der Waals surface area contributed by atoms with Gasteiger partial charge in [0.25, 0.3) is 0 Å². The molecule has 19 heavy (non-hydrogen) atoms. The van der Waals surface area contributed by atoms with Crippen molar-refractivity contribution in [2.24, 2.45) is 0 Å². The number of rotatable bonds is 3. The van der Waals surface area contributed by atoms with Crippen LogP contribution in [-0.4, -0.2) is 35.6 Å². The first-order chi connectivity index (χ1) is 9.00. The van der Waals surface area contributed by atoms with Crippen LogP contribution in [0.4, 0.5) is 5.69 Å². The van der Waals surface area contributed by atoms with Gasteiger partial charge in [0.2, 0.25) is 0 Å². The summed E-state index contributed by atoms with van der Waals surface area (Å²) in [6.07, 6.45) is 1.23. The fourth-order valence-corrected chi connectivity index (χ4v) is 3.49. The highest BCUT2D eigenvalue weighted by molar-refractivity contribution is 8.00. The monoisotopic (exact) mass is 280 g/mol. The molecule has 0 bridgehead atoms. The summed E-state index contributed by atoms with van der Waals surface area (Å²) in [6.45, 7) is 7.91. The van der Waals surface area contributed by atoms with Gasteiger partial charge in [-0.3, -0.25) is 4.90 Å². The molecule has 106 valence electrons. The van der Waals surface area contributed by atoms with Crippen molar-refractivity contribution < 1.29 is 4.74 Å². The molecule has 0 unspecified atom stereocenters. The molecule has 0 saturated carbocycles. The molecule has 0 radical (unpaired) electrons. The molecule has 1 saturated heterocycles. The number of anilines is 1. The van der Waals surface area contributed by atoms with Gasteiger partial charge < -0.3 is 10.5 Å². The Balaban J connectivity index is 2.05. The van der Waals surface area contributed by atoms with E-state index in [1.54, 1.807) is 7.11 Å². The zero-order valence-corrected chi connectivity index (χ0v) is 12.9. The van der Waals surface area contributed by atoms with Crippen molar-refractivity contribution >= 4 is 17.4 Å². The van der Waals surface area contributed by atoms with E-state index in [4.69, 9.17) is 10.5 Å². The van der Waals surface area contributed by atoms with Crippen LogP contribution in [0.15, 0.2) is 18.2 Å². The van der Waals surface area contributed by atoms with Crippen LogP contribution in [0.2, 0.25) is 0 Å². The average molecular weight is 280 g/mol. The summed E-state index contributed by atoms with van der Waals surface area (Å²) in [5, 5.41) is 0. The zero-order chi connectivity index (χ0) is 13.9. The minimum absolute atomic E-state index is 0.403. The predicted molar refractivity (Wildman–Crippen MR) is 83.8 cm³/mol. The molecule has 1 aromatic rings. The van der Waals surface area contributed by atoms with Gasteiger partial charge in [0, 0.05) is 40.9 Å². The van der Waals surface area contributed by atoms with Crippen molar-refractivity contribution in [2.45, 2.75) is 31.6 Å². The summed E-state index contributed by atoms with van der Waals surface area (Å²) in [6, 6.07) is 5.94. The summed E-state index contributed by atoms with van der Waals surface area (Å²) in [7, 11) is 1.71. The Morgan fingerprint density at radius 2 is 2.16 bits per heavy atom. The molecule has 1 heterocycles. The van der Waals surface area contributed by atoms with Crippen LogP contribution in [0.3, 0.4) is 0 Å². The number of ether oxygens (including phenoxy) is 1. The Morgan fingerprint density at radius 1 is 1.37 bits per heavy atom. The van der Waals surface area contributed by atoms with Crippen LogP contribution in [0, 0.1) is 0 Å². The van der Waals surface area contributed by atoms with Crippen molar-refractivity contribution in [3.63, 3.8) is 0 Å². The molecule has 2 rings (SSSR count). The van der Waals surface area contributed by atoms with Gasteiger partial charge >= 0.3 is 0 Å². The minimum Gasteiger partial charge on any atom is -0.496 e. The molecule has 1 fully saturated rings. The molecule has 0 atom stereocenters. The van der Waals surface area contributed by atoms with Crippen LogP contribution < -0.4 is 10.5 Å². The van der Waals surface area contributed by atoms with E-state index in [-0.39, 0.29) is 0 Å². The van der Waals surface area contributed by atoms with E-state index in [9.17, 15) is 0 Å². The number of hydrogen-bond donors (Lipinski definition) is 1. The van der Waals surface area contributed by atoms with Gasteiger partial charge in [-0.25, -0.2) is 0 Å². The lowest BCUT2D eigenvalue weighted by molar-refractivity contribution is 0.271. The fraction of sp³-hybridized carbons (Fsp3) is 0.600. The third kappa shape index (κ3) is 4.05. The van der Waals surface area contributed by atoms with E-state index >= 15 is 0 Å². The Labute approximate surface area is 120 Å². The smallest absolute Gasteiger partial charge is 0.125 e. The van der Waals surface area contributed by atoms with Crippen molar-refractivity contribution in [2.75, 3.05) is 31.7 Å². The molecule has 1 aliphatic heterocycles. The van der Waals surface area contributed by atoms with Crippen molar-refractivity contribution in [3.8, 4) is 5.75 Å². The highest BCUT2D eigenvalue weighted by Gasteiger charge is 2.23. The summed E-state index contributed by atoms with van der Waals surface area (Å²) in [5.41, 5.74) is 7.78. The van der Waals surface area contributed by atoms with E-state index in [2.05, 4.69) is 36.6 Å². The number of methoxy groups -OCH3 is 1. The molecule has 1 aliphatic rings. The maximum atomic E-state index is 5.80. The third-order valence-corrected chi connectivity index (χ3v) is 5.01. The number of nitrogen functional groups attached to an aromatic ring is 1. The van der Waals surface area contributed by atoms with E-state index in [1.807, 2.05) is 12.1 Å². The summed E-state index contributed by atoms with van der Waals surface area (Å²) in [4.78, 5) is 2.51. The molecule has 2 N–H and O–H groups in total. The Kier molecular flexibility index (Phi) is 4.63. The first-order valence-corrected chi connectivity index (χ1v) is 7.77. The maximum Gasteiger partial charge on any atom is 0.125 e. The van der Waals surface area contributed by atoms with Crippen LogP contribution in [0.1, 0.15) is 25.8 Å². The molecule has 4 heteroatoms. The van der Waals surface area contributed by atoms with Gasteiger partial charge in [-0.05, 0) is 19.0 Å². The normalized spacial score (nSPS) is 19.9. The van der Waals surface area contributed by atoms with Crippen LogP contribution in [0.25, 0.3) is 0 Å². The van der Waals surface area contributed by atoms with Gasteiger partial charge in [0.05, 0.1) is 7.11 Å². The molecular weight excluding hydrogens is 256 g/mol. The standard InChI is InChI=1S/C15H24N2OS/c1-15(2)6-7-17(8-9-19-15)11-12-4-5-13(16)10-14(12)18-3/h4-5,10H,6-9,11,16H2,1-3H3. The third-order valence-electron chi connectivity index (χ3n) is 3.64. The molecular formula is C15H24N2OS. The van der Waals surface area contributed by atoms with Gasteiger partial charge in [-0.1, -0.05) is 19.9 Å². The van der Waals surface area contributed by atoms with Crippen LogP contribution >= 0.6 is 11.8 Å². The van der Waals surface area contributed by atoms with Gasteiger partial charge in [0.1, 0.15) is 5.75 Å². The zero-order valence-electron chi connectivity index (χ0n) is 12.1. The summed E-state index contributed by atoms with van der Waals surface area (Å²) in [5.74, 6) is 2.10. The fourth-order valence-electron chi connectivity index (χ4n) is 2.35. The molecule has 0 amide bonds. The highest BCUT2D eigenvalue weighted by atomic mass is 32.2. The van der Waals surface area contributed by atoms with E-state index in [0.29, 0.717) is 4.75 Å². The average Bonchev–Trinajstić information content (AvgIpc) is 2.53. The van der Waals surface area contributed by atoms with E-state index in [1.165, 1.54) is 17.7 Å². The number of benzene rings is 1. The SMILES string of the molecule is COc1cc(N)ccc1CN1CCSC(C)(C)CC1. The Bertz CT molecular complexity index is 434. The van der Waals surface area contributed by atoms with Crippen molar-refractivity contribution in [1.82, 2.24) is 4.90 Å². The first kappa shape index (κ1) is 14.5. The quantitative estimate of drug-likeness (QED) is 0.864. The number of nitrogens with zero attached hydrogens (tertiary/aromatic N) is 1. The predicted octanol–water partition coefficient (Wildman–Crippen LogP) is 2.99. The lowest BCUT2D eigenvalue weighted by atomic mass is 10.1. The summed E-state index contributed by atoms with van der Waals surface area (Å²) >= 11 is 2.07. The highest BCUT2D eigenvalue weighted by Crippen LogP contribution is 2.32. The maximum absolute atomic E-state index is 5.80. The lowest BCUT2D eigenvalue weighted by Crippen LogP contribution is -2.27. The van der Waals surface area contributed by atoms with Crippen LogP contribution in [0.5, 0.6) is 5.75 Å². The van der Waals surface area contributed by atoms with Gasteiger partial charge in [-0.2, -0.15) is 11.8 Å². The molecule has 0 aliphatic carbocycles. The van der Waals surface area contributed by atoms with Crippen LogP contribution in [-0.2, 0) is 6.54 Å². The minimum atomic E-state index is 0.403. The second-order valence-corrected chi connectivity index (χ2v) is 7.51. The molecule has 3 nitrogen and oxygen atoms in total. The van der Waals surface area contributed by atoms with Crippen molar-refractivity contribution in [1.29, 1.82) is 0 Å². The largest absolute Gasteiger partial charge is 0.496 e. The molecule has 0 spiro atoms. The first-order valence-electron chi connectivity index (χ1n) is 6.79. The second kappa shape index (κ2) is 6.06. The van der Waals surface area contributed by atoms with Gasteiger partial charge in [0.15, 0.2) is 0 Å². The second-order valence-electron chi connectivity index (χ2n) is 5.71. The molecule has 1 aromatic carbocycles. The van der Waals surface area contributed by atoms with Crippen molar-refractivity contribution in [3.05, 3.63) is 23.8 Å². The number of thioether (sulfide) groups is 1. The van der Waals surface area contributed by atoms with Gasteiger partial charge in [-0.15, -0.1) is 0 Å². The topological polar surface area (TPSA) is 38.5 Å². The lowest BCUT2D eigenvalue weighted by Gasteiger charge is -2.23. The summed E-state index contributed by atoms with van der Waals surface area (Å²) < 4.78 is 5.83. The Hall–Kier alpha value is -0.870. The van der Waals surface area contributed by atoms with E-state index < -0.39 is 0 Å². The number of nitrogens with two attached hydrogens (primary N) is 1. The molecule has 0 aromatic heterocycles. The number of hydrogen-bond acceptors (Lipinski definition) is 4. The Morgan fingerprint density at radius 3 is 2.89 bits per heavy atom.